The molecule has 3 nitrogen and oxygen atoms in total. The largest absolute Gasteiger partial charge is 0.454 e. The number of aryl methyl sites for hydroxylation is 2. The maximum atomic E-state index is 6.70. The first kappa shape index (κ1) is 32.1. The molecule has 260 valence electrons. The van der Waals surface area contributed by atoms with E-state index in [1.165, 1.54) is 44.2 Å². The van der Waals surface area contributed by atoms with Gasteiger partial charge in [-0.1, -0.05) is 123 Å². The van der Waals surface area contributed by atoms with Crippen LogP contribution in [0.5, 0.6) is 0 Å². The van der Waals surface area contributed by atoms with Crippen molar-refractivity contribution in [3.63, 3.8) is 0 Å². The van der Waals surface area contributed by atoms with Gasteiger partial charge in [0.1, 0.15) is 5.58 Å². The summed E-state index contributed by atoms with van der Waals surface area (Å²) in [5.41, 5.74) is 15.9. The third kappa shape index (κ3) is 4.96. The van der Waals surface area contributed by atoms with Gasteiger partial charge in [-0.3, -0.25) is 0 Å². The molecule has 0 saturated heterocycles. The van der Waals surface area contributed by atoms with Gasteiger partial charge in [0.15, 0.2) is 5.58 Å². The fraction of sp³-hybridized carbons (Fsp3) is 0.0980. The highest BCUT2D eigenvalue weighted by molar-refractivity contribution is 6.14. The normalized spacial score (nSPS) is 13.0. The quantitative estimate of drug-likeness (QED) is 0.173. The Balaban J connectivity index is 1.21. The Morgan fingerprint density at radius 3 is 1.85 bits per heavy atom. The monoisotopic (exact) mass is 696 g/mol. The van der Waals surface area contributed by atoms with Crippen molar-refractivity contribution < 1.29 is 4.42 Å². The Hall–Kier alpha value is -6.58. The van der Waals surface area contributed by atoms with Gasteiger partial charge < -0.3 is 14.2 Å². The zero-order valence-corrected chi connectivity index (χ0v) is 31.0. The maximum Gasteiger partial charge on any atom is 0.159 e. The zero-order chi connectivity index (χ0) is 36.6. The summed E-state index contributed by atoms with van der Waals surface area (Å²) in [4.78, 5) is 4.79. The van der Waals surface area contributed by atoms with E-state index in [0.717, 1.165) is 56.1 Å². The second-order valence-electron chi connectivity index (χ2n) is 15.2. The molecule has 0 fully saturated rings. The lowest BCUT2D eigenvalue weighted by molar-refractivity contribution is 0.661. The lowest BCUT2D eigenvalue weighted by atomic mass is 9.81. The summed E-state index contributed by atoms with van der Waals surface area (Å²) in [6, 6.07) is 61.6. The molecule has 0 saturated carbocycles. The minimum absolute atomic E-state index is 0.279. The molecule has 0 N–H and O–H groups in total. The Bertz CT molecular complexity index is 2880. The van der Waals surface area contributed by atoms with Gasteiger partial charge in [-0.15, -0.1) is 0 Å². The number of fused-ring (bicyclic) bond motifs is 8. The second-order valence-corrected chi connectivity index (χ2v) is 15.2. The molecule has 3 heteroatoms. The molecule has 1 aliphatic carbocycles. The predicted molar refractivity (Wildman–Crippen MR) is 228 cm³/mol. The molecule has 0 bridgehead atoms. The van der Waals surface area contributed by atoms with Crippen LogP contribution in [-0.4, -0.2) is 0 Å². The highest BCUT2D eigenvalue weighted by Gasteiger charge is 2.39. The van der Waals surface area contributed by atoms with E-state index in [2.05, 4.69) is 201 Å². The first-order valence-corrected chi connectivity index (χ1v) is 18.8. The van der Waals surface area contributed by atoms with Crippen molar-refractivity contribution in [3.8, 4) is 11.1 Å². The van der Waals surface area contributed by atoms with Gasteiger partial charge in [0.05, 0.1) is 11.4 Å². The molecule has 0 aliphatic heterocycles. The summed E-state index contributed by atoms with van der Waals surface area (Å²) in [5, 5.41) is 4.68. The van der Waals surface area contributed by atoms with Crippen molar-refractivity contribution in [3.05, 3.63) is 192 Å². The molecule has 10 rings (SSSR count). The topological polar surface area (TPSA) is 19.6 Å². The molecule has 8 aromatic carbocycles. The maximum absolute atomic E-state index is 6.70. The van der Waals surface area contributed by atoms with Gasteiger partial charge >= 0.3 is 0 Å². The molecule has 0 spiro atoms. The van der Waals surface area contributed by atoms with Crippen LogP contribution in [0, 0.1) is 13.8 Å². The van der Waals surface area contributed by atoms with Crippen LogP contribution in [0.3, 0.4) is 0 Å². The van der Waals surface area contributed by atoms with Crippen LogP contribution >= 0.6 is 0 Å². The summed E-state index contributed by atoms with van der Waals surface area (Å²) in [5.74, 6) is 0. The van der Waals surface area contributed by atoms with Crippen molar-refractivity contribution in [1.82, 2.24) is 0 Å². The molecule has 54 heavy (non-hydrogen) atoms. The van der Waals surface area contributed by atoms with Crippen molar-refractivity contribution in [2.24, 2.45) is 0 Å². The Morgan fingerprint density at radius 2 is 1.06 bits per heavy atom. The highest BCUT2D eigenvalue weighted by Crippen LogP contribution is 2.56. The first-order valence-electron chi connectivity index (χ1n) is 18.8. The summed E-state index contributed by atoms with van der Waals surface area (Å²) in [7, 11) is 0. The van der Waals surface area contributed by atoms with Gasteiger partial charge in [0.25, 0.3) is 0 Å². The number of para-hydroxylation sites is 3. The third-order valence-electron chi connectivity index (χ3n) is 11.3. The van der Waals surface area contributed by atoms with Gasteiger partial charge in [-0.2, -0.15) is 0 Å². The third-order valence-corrected chi connectivity index (χ3v) is 11.3. The van der Waals surface area contributed by atoms with Gasteiger partial charge in [0, 0.05) is 44.3 Å². The lowest BCUT2D eigenvalue weighted by Crippen LogP contribution is -2.18. The molecule has 1 heterocycles. The van der Waals surface area contributed by atoms with Gasteiger partial charge in [-0.25, -0.2) is 0 Å². The Labute approximate surface area is 316 Å². The standard InChI is InChI=1S/C51H40N2O/c1-33-24-26-36(27-25-33)52(35-15-6-5-7-16-35)38-28-29-43-44(31-38)51(3,4)45-32-47(39-18-8-9-20-41(39)49(43)45)53(37-17-12-14-34(2)30-37)46-22-13-21-42-40-19-10-11-23-48(40)54-50(42)46/h5-32H,1-4H3. The van der Waals surface area contributed by atoms with Gasteiger partial charge in [-0.05, 0) is 114 Å². The fourth-order valence-corrected chi connectivity index (χ4v) is 8.68. The summed E-state index contributed by atoms with van der Waals surface area (Å²) in [6.07, 6.45) is 0. The first-order chi connectivity index (χ1) is 26.4. The second kappa shape index (κ2) is 12.2. The number of hydrogen-bond acceptors (Lipinski definition) is 3. The van der Waals surface area contributed by atoms with Crippen LogP contribution in [0.1, 0.15) is 36.1 Å². The van der Waals surface area contributed by atoms with Crippen molar-refractivity contribution in [2.75, 3.05) is 9.80 Å². The average Bonchev–Trinajstić information content (AvgIpc) is 3.69. The molecular formula is C51H40N2O. The van der Waals surface area contributed by atoms with E-state index in [4.69, 9.17) is 4.42 Å². The number of nitrogens with zero attached hydrogens (tertiary/aromatic N) is 2. The average molecular weight is 697 g/mol. The van der Waals surface area contributed by atoms with E-state index in [1.807, 2.05) is 6.07 Å². The van der Waals surface area contributed by atoms with Crippen LogP contribution in [-0.2, 0) is 5.41 Å². The number of rotatable bonds is 6. The van der Waals surface area contributed by atoms with Crippen LogP contribution in [0.15, 0.2) is 174 Å². The number of hydrogen-bond donors (Lipinski definition) is 0. The molecule has 0 radical (unpaired) electrons. The van der Waals surface area contributed by atoms with Crippen molar-refractivity contribution in [1.29, 1.82) is 0 Å². The van der Waals surface area contributed by atoms with Crippen molar-refractivity contribution in [2.45, 2.75) is 33.1 Å². The Kier molecular flexibility index (Phi) is 7.28. The van der Waals surface area contributed by atoms with E-state index >= 15 is 0 Å². The van der Waals surface area contributed by atoms with Crippen molar-refractivity contribution >= 4 is 66.8 Å². The van der Waals surface area contributed by atoms with Crippen LogP contribution in [0.2, 0.25) is 0 Å². The minimum atomic E-state index is -0.279. The highest BCUT2D eigenvalue weighted by atomic mass is 16.3. The number of benzene rings is 8. The number of furan rings is 1. The van der Waals surface area contributed by atoms with E-state index in [0.29, 0.717) is 0 Å². The molecular weight excluding hydrogens is 657 g/mol. The van der Waals surface area contributed by atoms with E-state index in [1.54, 1.807) is 0 Å². The molecule has 0 unspecified atom stereocenters. The zero-order valence-electron chi connectivity index (χ0n) is 31.0. The molecule has 0 atom stereocenters. The molecule has 0 amide bonds. The van der Waals surface area contributed by atoms with Crippen LogP contribution in [0.25, 0.3) is 43.8 Å². The number of anilines is 6. The van der Waals surface area contributed by atoms with E-state index in [9.17, 15) is 0 Å². The summed E-state index contributed by atoms with van der Waals surface area (Å²) < 4.78 is 6.70. The SMILES string of the molecule is Cc1ccc(N(c2ccccc2)c2ccc3c(c2)C(C)(C)c2cc(N(c4cccc(C)c4)c4cccc5c4oc4ccccc45)c4ccccc4c2-3)cc1. The summed E-state index contributed by atoms with van der Waals surface area (Å²) in [6.45, 7) is 9.07. The molecule has 1 aliphatic rings. The predicted octanol–water partition coefficient (Wildman–Crippen LogP) is 14.6. The Morgan fingerprint density at radius 1 is 0.426 bits per heavy atom. The van der Waals surface area contributed by atoms with Crippen LogP contribution in [0.4, 0.5) is 34.1 Å². The molecule has 1 aromatic heterocycles. The van der Waals surface area contributed by atoms with Crippen LogP contribution < -0.4 is 9.80 Å². The van der Waals surface area contributed by atoms with E-state index < -0.39 is 0 Å². The van der Waals surface area contributed by atoms with Gasteiger partial charge in [0.2, 0.25) is 0 Å². The fourth-order valence-electron chi connectivity index (χ4n) is 8.68. The lowest BCUT2D eigenvalue weighted by Gasteiger charge is -2.30. The van der Waals surface area contributed by atoms with E-state index in [-0.39, 0.29) is 5.41 Å². The molecule has 9 aromatic rings. The summed E-state index contributed by atoms with van der Waals surface area (Å²) >= 11 is 0. The minimum Gasteiger partial charge on any atom is -0.454 e. The smallest absolute Gasteiger partial charge is 0.159 e.